The average Bonchev–Trinajstić information content (AvgIpc) is 2.69. The Kier molecular flexibility index (Phi) is 6.25. The van der Waals surface area contributed by atoms with E-state index in [-0.39, 0.29) is 29.5 Å². The molecule has 2 fully saturated rings. The number of likely N-dealkylation sites (tertiary alicyclic amines) is 2. The van der Waals surface area contributed by atoms with Crippen molar-refractivity contribution >= 4 is 11.9 Å². The standard InChI is InChI=1S/C20H27FN2O3/c1-26-20(25)16-8-12-23(13-9-16)19(24)15-6-10-22(11-7-15)14-17-4-2-3-5-18(17)21/h2-5,15-16H,6-14H2,1H3. The lowest BCUT2D eigenvalue weighted by Crippen LogP contribution is -2.46. The van der Waals surface area contributed by atoms with Crippen molar-refractivity contribution < 1.29 is 18.7 Å². The van der Waals surface area contributed by atoms with Gasteiger partial charge in [-0.1, -0.05) is 18.2 Å². The number of amides is 1. The van der Waals surface area contributed by atoms with E-state index in [0.29, 0.717) is 38.0 Å². The molecule has 6 heteroatoms. The minimum Gasteiger partial charge on any atom is -0.469 e. The molecule has 3 rings (SSSR count). The molecule has 2 saturated heterocycles. The quantitative estimate of drug-likeness (QED) is 0.772. The van der Waals surface area contributed by atoms with Gasteiger partial charge in [-0.25, -0.2) is 4.39 Å². The van der Waals surface area contributed by atoms with Crippen LogP contribution in [0.15, 0.2) is 24.3 Å². The number of esters is 1. The van der Waals surface area contributed by atoms with E-state index in [1.165, 1.54) is 13.2 Å². The highest BCUT2D eigenvalue weighted by molar-refractivity contribution is 5.79. The summed E-state index contributed by atoms with van der Waals surface area (Å²) in [6, 6.07) is 6.86. The number of benzene rings is 1. The molecule has 2 heterocycles. The number of rotatable bonds is 4. The van der Waals surface area contributed by atoms with Gasteiger partial charge in [-0.15, -0.1) is 0 Å². The number of nitrogens with zero attached hydrogens (tertiary/aromatic N) is 2. The van der Waals surface area contributed by atoms with Gasteiger partial charge in [0.2, 0.25) is 5.91 Å². The van der Waals surface area contributed by atoms with Gasteiger partial charge in [0.15, 0.2) is 0 Å². The Morgan fingerprint density at radius 2 is 1.65 bits per heavy atom. The van der Waals surface area contributed by atoms with Crippen LogP contribution < -0.4 is 0 Å². The summed E-state index contributed by atoms with van der Waals surface area (Å²) in [6.45, 7) is 3.48. The van der Waals surface area contributed by atoms with Crippen molar-refractivity contribution in [3.8, 4) is 0 Å². The van der Waals surface area contributed by atoms with Gasteiger partial charge in [0.1, 0.15) is 5.82 Å². The predicted molar refractivity (Wildman–Crippen MR) is 95.7 cm³/mol. The fourth-order valence-electron chi connectivity index (χ4n) is 3.97. The van der Waals surface area contributed by atoms with Gasteiger partial charge in [0.05, 0.1) is 13.0 Å². The van der Waals surface area contributed by atoms with Gasteiger partial charge in [0, 0.05) is 31.1 Å². The molecule has 5 nitrogen and oxygen atoms in total. The zero-order valence-electron chi connectivity index (χ0n) is 15.3. The van der Waals surface area contributed by atoms with Gasteiger partial charge in [0.25, 0.3) is 0 Å². The molecule has 1 aromatic rings. The van der Waals surface area contributed by atoms with E-state index >= 15 is 0 Å². The van der Waals surface area contributed by atoms with Crippen molar-refractivity contribution in [2.75, 3.05) is 33.3 Å². The maximum atomic E-state index is 13.8. The van der Waals surface area contributed by atoms with Crippen molar-refractivity contribution in [3.63, 3.8) is 0 Å². The van der Waals surface area contributed by atoms with Crippen LogP contribution in [0.3, 0.4) is 0 Å². The Labute approximate surface area is 154 Å². The summed E-state index contributed by atoms with van der Waals surface area (Å²) < 4.78 is 18.6. The van der Waals surface area contributed by atoms with Crippen LogP contribution in [-0.4, -0.2) is 55.0 Å². The molecule has 0 bridgehead atoms. The number of hydrogen-bond donors (Lipinski definition) is 0. The van der Waals surface area contributed by atoms with Crippen LogP contribution in [0.4, 0.5) is 4.39 Å². The number of ether oxygens (including phenoxy) is 1. The Balaban J connectivity index is 1.45. The third-order valence-electron chi connectivity index (χ3n) is 5.63. The molecule has 1 aromatic carbocycles. The summed E-state index contributed by atoms with van der Waals surface area (Å²) in [4.78, 5) is 28.5. The maximum Gasteiger partial charge on any atom is 0.308 e. The molecule has 2 aliphatic rings. The molecule has 0 aliphatic carbocycles. The second kappa shape index (κ2) is 8.62. The van der Waals surface area contributed by atoms with E-state index in [9.17, 15) is 14.0 Å². The first kappa shape index (κ1) is 18.8. The molecule has 1 amide bonds. The number of carbonyl (C=O) groups excluding carboxylic acids is 2. The zero-order chi connectivity index (χ0) is 18.5. The first-order valence-electron chi connectivity index (χ1n) is 9.41. The Morgan fingerprint density at radius 3 is 2.27 bits per heavy atom. The third-order valence-corrected chi connectivity index (χ3v) is 5.63. The second-order valence-electron chi connectivity index (χ2n) is 7.26. The molecular formula is C20H27FN2O3. The van der Waals surface area contributed by atoms with Crippen molar-refractivity contribution in [2.24, 2.45) is 11.8 Å². The SMILES string of the molecule is COC(=O)C1CCN(C(=O)C2CCN(Cc3ccccc3F)CC2)CC1. The molecule has 0 atom stereocenters. The highest BCUT2D eigenvalue weighted by Gasteiger charge is 2.32. The molecule has 0 spiro atoms. The average molecular weight is 362 g/mol. The van der Waals surface area contributed by atoms with Crippen LogP contribution >= 0.6 is 0 Å². The lowest BCUT2D eigenvalue weighted by Gasteiger charge is -2.36. The Hall–Kier alpha value is -1.95. The van der Waals surface area contributed by atoms with Crippen molar-refractivity contribution in [3.05, 3.63) is 35.6 Å². The predicted octanol–water partition coefficient (Wildman–Crippen LogP) is 2.45. The molecule has 142 valence electrons. The van der Waals surface area contributed by atoms with E-state index < -0.39 is 0 Å². The van der Waals surface area contributed by atoms with E-state index in [0.717, 1.165) is 25.9 Å². The Morgan fingerprint density at radius 1 is 1.04 bits per heavy atom. The summed E-state index contributed by atoms with van der Waals surface area (Å²) >= 11 is 0. The molecule has 0 unspecified atom stereocenters. The van der Waals surface area contributed by atoms with Crippen LogP contribution in [0, 0.1) is 17.7 Å². The summed E-state index contributed by atoms with van der Waals surface area (Å²) in [7, 11) is 1.41. The second-order valence-corrected chi connectivity index (χ2v) is 7.26. The van der Waals surface area contributed by atoms with Crippen molar-refractivity contribution in [1.29, 1.82) is 0 Å². The van der Waals surface area contributed by atoms with Crippen LogP contribution in [-0.2, 0) is 20.9 Å². The van der Waals surface area contributed by atoms with E-state index in [1.807, 2.05) is 17.0 Å². The van der Waals surface area contributed by atoms with Gasteiger partial charge in [-0.3, -0.25) is 14.5 Å². The topological polar surface area (TPSA) is 49.9 Å². The van der Waals surface area contributed by atoms with E-state index in [1.54, 1.807) is 6.07 Å². The summed E-state index contributed by atoms with van der Waals surface area (Å²) in [5.41, 5.74) is 0.710. The number of halogens is 1. The van der Waals surface area contributed by atoms with E-state index in [4.69, 9.17) is 4.74 Å². The zero-order valence-corrected chi connectivity index (χ0v) is 15.3. The first-order chi connectivity index (χ1) is 12.6. The van der Waals surface area contributed by atoms with Crippen LogP contribution in [0.5, 0.6) is 0 Å². The molecule has 0 aromatic heterocycles. The highest BCUT2D eigenvalue weighted by Crippen LogP contribution is 2.25. The molecule has 0 saturated carbocycles. The summed E-state index contributed by atoms with van der Waals surface area (Å²) in [5, 5.41) is 0. The van der Waals surface area contributed by atoms with Crippen molar-refractivity contribution in [2.45, 2.75) is 32.2 Å². The first-order valence-corrected chi connectivity index (χ1v) is 9.41. The molecule has 0 radical (unpaired) electrons. The van der Waals surface area contributed by atoms with Crippen molar-refractivity contribution in [1.82, 2.24) is 9.80 Å². The molecule has 26 heavy (non-hydrogen) atoms. The smallest absolute Gasteiger partial charge is 0.308 e. The van der Waals surface area contributed by atoms with Gasteiger partial charge in [-0.2, -0.15) is 0 Å². The molecular weight excluding hydrogens is 335 g/mol. The lowest BCUT2D eigenvalue weighted by molar-refractivity contribution is -0.150. The highest BCUT2D eigenvalue weighted by atomic mass is 19.1. The normalized spacial score (nSPS) is 20.2. The number of methoxy groups -OCH3 is 1. The maximum absolute atomic E-state index is 13.8. The lowest BCUT2D eigenvalue weighted by atomic mass is 9.92. The summed E-state index contributed by atoms with van der Waals surface area (Å²) in [5.74, 6) is -0.162. The van der Waals surface area contributed by atoms with E-state index in [2.05, 4.69) is 4.90 Å². The number of piperidine rings is 2. The van der Waals surface area contributed by atoms with Crippen LogP contribution in [0.2, 0.25) is 0 Å². The van der Waals surface area contributed by atoms with Gasteiger partial charge in [-0.05, 0) is 44.8 Å². The van der Waals surface area contributed by atoms with Gasteiger partial charge < -0.3 is 9.64 Å². The largest absolute Gasteiger partial charge is 0.469 e. The molecule has 0 N–H and O–H groups in total. The summed E-state index contributed by atoms with van der Waals surface area (Å²) in [6.07, 6.45) is 2.99. The monoisotopic (exact) mass is 362 g/mol. The minimum absolute atomic E-state index is 0.0431. The molecule has 2 aliphatic heterocycles. The van der Waals surface area contributed by atoms with Crippen LogP contribution in [0.25, 0.3) is 0 Å². The Bertz CT molecular complexity index is 636. The number of carbonyl (C=O) groups is 2. The fourth-order valence-corrected chi connectivity index (χ4v) is 3.97. The van der Waals surface area contributed by atoms with Gasteiger partial charge >= 0.3 is 5.97 Å². The fraction of sp³-hybridized carbons (Fsp3) is 0.600. The number of hydrogen-bond acceptors (Lipinski definition) is 4. The minimum atomic E-state index is -0.168. The third kappa shape index (κ3) is 4.41. The van der Waals surface area contributed by atoms with Crippen LogP contribution in [0.1, 0.15) is 31.2 Å².